The summed E-state index contributed by atoms with van der Waals surface area (Å²) in [7, 11) is 0. The van der Waals surface area contributed by atoms with E-state index >= 15 is 0 Å². The van der Waals surface area contributed by atoms with Crippen molar-refractivity contribution in [2.75, 3.05) is 0 Å². The van der Waals surface area contributed by atoms with Crippen molar-refractivity contribution in [2.45, 2.75) is 13.1 Å². The van der Waals surface area contributed by atoms with Crippen LogP contribution in [0.1, 0.15) is 0 Å². The first kappa shape index (κ1) is 10.2. The number of hydrogen-bond donors (Lipinski definition) is 1. The first-order valence-corrected chi connectivity index (χ1v) is 5.76. The van der Waals surface area contributed by atoms with E-state index < -0.39 is 0 Å². The Balaban J connectivity index is 1.94. The molecule has 0 aliphatic rings. The molecule has 0 fully saturated rings. The fourth-order valence-corrected chi connectivity index (χ4v) is 2.12. The molecule has 5 nitrogen and oxygen atoms in total. The van der Waals surface area contributed by atoms with Crippen molar-refractivity contribution in [3.8, 4) is 0 Å². The van der Waals surface area contributed by atoms with Gasteiger partial charge >= 0.3 is 0 Å². The van der Waals surface area contributed by atoms with Crippen molar-refractivity contribution in [2.24, 2.45) is 0 Å². The van der Waals surface area contributed by atoms with Crippen molar-refractivity contribution >= 4 is 23.4 Å². The van der Waals surface area contributed by atoms with Gasteiger partial charge in [0.15, 0.2) is 10.4 Å². The molecule has 3 rings (SSSR count). The van der Waals surface area contributed by atoms with Crippen molar-refractivity contribution in [3.05, 3.63) is 41.6 Å². The molecular formula is C11H11N5S. The zero-order valence-electron chi connectivity index (χ0n) is 9.08. The minimum Gasteiger partial charge on any atom is -0.329 e. The van der Waals surface area contributed by atoms with Crippen LogP contribution in [-0.2, 0) is 13.1 Å². The molecule has 0 saturated carbocycles. The molecule has 86 valence electrons. The lowest BCUT2D eigenvalue weighted by molar-refractivity contribution is 0.536. The molecular weight excluding hydrogens is 234 g/mol. The topological polar surface area (TPSA) is 51.4 Å². The normalized spacial score (nSPS) is 11.1. The highest BCUT2D eigenvalue weighted by Gasteiger charge is 2.04. The van der Waals surface area contributed by atoms with E-state index in [4.69, 9.17) is 12.2 Å². The molecule has 0 atom stereocenters. The van der Waals surface area contributed by atoms with Crippen LogP contribution in [-0.4, -0.2) is 24.3 Å². The number of pyridine rings is 1. The summed E-state index contributed by atoms with van der Waals surface area (Å²) < 4.78 is 4.57. The van der Waals surface area contributed by atoms with Crippen molar-refractivity contribution in [3.63, 3.8) is 0 Å². The third kappa shape index (κ3) is 1.87. The summed E-state index contributed by atoms with van der Waals surface area (Å²) in [4.78, 5) is 7.48. The minimum absolute atomic E-state index is 0.700. The van der Waals surface area contributed by atoms with Gasteiger partial charge < -0.3 is 4.98 Å². The second-order valence-corrected chi connectivity index (χ2v) is 4.11. The summed E-state index contributed by atoms with van der Waals surface area (Å²) >= 11 is 5.29. The van der Waals surface area contributed by atoms with Gasteiger partial charge in [0.25, 0.3) is 0 Å². The molecule has 3 aromatic heterocycles. The fourth-order valence-electron chi connectivity index (χ4n) is 1.83. The van der Waals surface area contributed by atoms with E-state index in [9.17, 15) is 0 Å². The monoisotopic (exact) mass is 245 g/mol. The molecule has 0 saturated heterocycles. The van der Waals surface area contributed by atoms with E-state index in [1.807, 2.05) is 33.6 Å². The van der Waals surface area contributed by atoms with Gasteiger partial charge in [0, 0.05) is 25.1 Å². The van der Waals surface area contributed by atoms with E-state index in [1.165, 1.54) is 0 Å². The summed E-state index contributed by atoms with van der Waals surface area (Å²) in [6, 6.07) is 5.78. The number of aromatic nitrogens is 5. The zero-order chi connectivity index (χ0) is 11.7. The van der Waals surface area contributed by atoms with Gasteiger partial charge in [-0.25, -0.2) is 4.98 Å². The summed E-state index contributed by atoms with van der Waals surface area (Å²) in [6.07, 6.45) is 5.48. The molecule has 0 aromatic carbocycles. The number of aryl methyl sites for hydroxylation is 2. The summed E-state index contributed by atoms with van der Waals surface area (Å²) in [5, 5.41) is 4.16. The quantitative estimate of drug-likeness (QED) is 0.718. The molecule has 3 aromatic rings. The van der Waals surface area contributed by atoms with Crippen LogP contribution in [0.2, 0.25) is 0 Å². The number of hydrogen-bond acceptors (Lipinski definition) is 3. The molecule has 0 amide bonds. The van der Waals surface area contributed by atoms with Gasteiger partial charge in [0.05, 0.1) is 12.1 Å². The van der Waals surface area contributed by atoms with Gasteiger partial charge in [-0.15, -0.1) is 0 Å². The van der Waals surface area contributed by atoms with E-state index in [0.29, 0.717) is 4.77 Å². The Bertz CT molecular complexity index is 679. The Morgan fingerprint density at radius 1 is 1.24 bits per heavy atom. The predicted molar refractivity (Wildman–Crippen MR) is 67.1 cm³/mol. The van der Waals surface area contributed by atoms with Crippen LogP contribution in [0.15, 0.2) is 36.8 Å². The lowest BCUT2D eigenvalue weighted by atomic mass is 10.4. The van der Waals surface area contributed by atoms with Crippen molar-refractivity contribution in [1.82, 2.24) is 24.3 Å². The smallest absolute Gasteiger partial charge is 0.179 e. The average molecular weight is 245 g/mol. The van der Waals surface area contributed by atoms with E-state index in [0.717, 1.165) is 24.3 Å². The Morgan fingerprint density at radius 3 is 3.00 bits per heavy atom. The standard InChI is InChI=1S/C11H11N5S/c17-11-14-9-3-1-4-12-10(9)16(11)8-7-15-6-2-5-13-15/h1-6H,7-8H2,(H,14,17). The molecule has 0 spiro atoms. The predicted octanol–water partition coefficient (Wildman–Crippen LogP) is 1.99. The Labute approximate surface area is 103 Å². The largest absolute Gasteiger partial charge is 0.329 e. The van der Waals surface area contributed by atoms with Gasteiger partial charge in [-0.3, -0.25) is 9.25 Å². The number of aromatic amines is 1. The third-order valence-corrected chi connectivity index (χ3v) is 2.96. The Hall–Kier alpha value is -1.95. The van der Waals surface area contributed by atoms with E-state index in [1.54, 1.807) is 12.4 Å². The summed E-state index contributed by atoms with van der Waals surface area (Å²) in [6.45, 7) is 1.54. The first-order chi connectivity index (χ1) is 8.34. The Kier molecular flexibility index (Phi) is 2.49. The Morgan fingerprint density at radius 2 is 2.18 bits per heavy atom. The highest BCUT2D eigenvalue weighted by Crippen LogP contribution is 2.10. The van der Waals surface area contributed by atoms with Crippen molar-refractivity contribution < 1.29 is 0 Å². The van der Waals surface area contributed by atoms with Crippen LogP contribution in [0.25, 0.3) is 11.2 Å². The lowest BCUT2D eigenvalue weighted by Crippen LogP contribution is -2.08. The van der Waals surface area contributed by atoms with Crippen LogP contribution >= 0.6 is 12.2 Å². The highest BCUT2D eigenvalue weighted by atomic mass is 32.1. The second-order valence-electron chi connectivity index (χ2n) is 3.73. The average Bonchev–Trinajstić information content (AvgIpc) is 2.93. The molecule has 17 heavy (non-hydrogen) atoms. The second kappa shape index (κ2) is 4.14. The summed E-state index contributed by atoms with van der Waals surface area (Å²) in [5.74, 6) is 0. The molecule has 6 heteroatoms. The molecule has 0 bridgehead atoms. The van der Waals surface area contributed by atoms with Gasteiger partial charge in [-0.1, -0.05) is 0 Å². The highest BCUT2D eigenvalue weighted by molar-refractivity contribution is 7.71. The maximum absolute atomic E-state index is 5.29. The maximum atomic E-state index is 5.29. The molecule has 0 aliphatic carbocycles. The molecule has 0 radical (unpaired) electrons. The SMILES string of the molecule is S=c1[nH]c2cccnc2n1CCn1cccn1. The summed E-state index contributed by atoms with van der Waals surface area (Å²) in [5.41, 5.74) is 1.86. The minimum atomic E-state index is 0.700. The molecule has 1 N–H and O–H groups in total. The number of fused-ring (bicyclic) bond motifs is 1. The lowest BCUT2D eigenvalue weighted by Gasteiger charge is -2.03. The molecule has 0 aliphatic heterocycles. The first-order valence-electron chi connectivity index (χ1n) is 5.35. The van der Waals surface area contributed by atoms with Crippen molar-refractivity contribution in [1.29, 1.82) is 0 Å². The zero-order valence-corrected chi connectivity index (χ0v) is 9.89. The third-order valence-electron chi connectivity index (χ3n) is 2.64. The van der Waals surface area contributed by atoms with Crippen LogP contribution in [0, 0.1) is 4.77 Å². The van der Waals surface area contributed by atoms with Crippen LogP contribution < -0.4 is 0 Å². The van der Waals surface area contributed by atoms with E-state index in [-0.39, 0.29) is 0 Å². The number of H-pyrrole nitrogens is 1. The molecule has 0 unspecified atom stereocenters. The van der Waals surface area contributed by atoms with Gasteiger partial charge in [0.1, 0.15) is 0 Å². The van der Waals surface area contributed by atoms with Gasteiger partial charge in [-0.2, -0.15) is 5.10 Å². The van der Waals surface area contributed by atoms with Crippen LogP contribution in [0.4, 0.5) is 0 Å². The fraction of sp³-hybridized carbons (Fsp3) is 0.182. The molecule has 3 heterocycles. The number of nitrogens with zero attached hydrogens (tertiary/aromatic N) is 4. The number of rotatable bonds is 3. The van der Waals surface area contributed by atoms with Crippen LogP contribution in [0.5, 0.6) is 0 Å². The number of imidazole rings is 1. The van der Waals surface area contributed by atoms with Gasteiger partial charge in [0.2, 0.25) is 0 Å². The van der Waals surface area contributed by atoms with Gasteiger partial charge in [-0.05, 0) is 30.4 Å². The maximum Gasteiger partial charge on any atom is 0.179 e. The number of nitrogens with one attached hydrogen (secondary N) is 1. The van der Waals surface area contributed by atoms with Crippen LogP contribution in [0.3, 0.4) is 0 Å². The van der Waals surface area contributed by atoms with E-state index in [2.05, 4.69) is 15.1 Å².